The Morgan fingerprint density at radius 2 is 1.27 bits per heavy atom. The molecule has 0 saturated heterocycles. The number of thiazole rings is 1. The van der Waals surface area contributed by atoms with Gasteiger partial charge < -0.3 is 30.1 Å². The van der Waals surface area contributed by atoms with Gasteiger partial charge in [-0.15, -0.1) is 11.3 Å². The maximum atomic E-state index is 14.8. The lowest BCUT2D eigenvalue weighted by atomic mass is 9.93. The fraction of sp³-hybridized carbons (Fsp3) is 0.562. The molecule has 3 aromatic rings. The Hall–Kier alpha value is -5.15. The Morgan fingerprint density at radius 3 is 1.76 bits per heavy atom. The normalized spacial score (nSPS) is 14.7. The summed E-state index contributed by atoms with van der Waals surface area (Å²) >= 11 is 1.31. The molecule has 14 nitrogen and oxygen atoms in total. The molecule has 0 unspecified atom stereocenters. The van der Waals surface area contributed by atoms with Crippen LogP contribution in [0.5, 0.6) is 0 Å². The fourth-order valence-electron chi connectivity index (χ4n) is 7.86. The maximum absolute atomic E-state index is 14.8. The smallest absolute Gasteiger partial charge is 0.251 e. The number of likely N-dealkylation sites (N-methyl/N-ethyl adjacent to an activating group) is 4. The number of hydrogen-bond donors (Lipinski definition) is 2. The van der Waals surface area contributed by atoms with Crippen molar-refractivity contribution in [3.05, 3.63) is 83.4 Å². The van der Waals surface area contributed by atoms with Gasteiger partial charge in [0.2, 0.25) is 29.5 Å². The summed E-state index contributed by atoms with van der Waals surface area (Å²) < 4.78 is 5.51. The van der Waals surface area contributed by atoms with E-state index in [9.17, 15) is 28.8 Å². The predicted molar refractivity (Wildman–Crippen MR) is 249 cm³/mol. The van der Waals surface area contributed by atoms with E-state index in [0.717, 1.165) is 17.5 Å². The minimum absolute atomic E-state index is 0.0794. The summed E-state index contributed by atoms with van der Waals surface area (Å²) in [5, 5.41) is 8.14. The minimum Gasteiger partial charge on any atom is -0.381 e. The molecule has 0 radical (unpaired) electrons. The van der Waals surface area contributed by atoms with Gasteiger partial charge in [0.15, 0.2) is 5.13 Å². The number of methoxy groups -OCH3 is 1. The van der Waals surface area contributed by atoms with Crippen LogP contribution in [0.1, 0.15) is 85.3 Å². The highest BCUT2D eigenvalue weighted by atomic mass is 32.1. The minimum atomic E-state index is -1.07. The third kappa shape index (κ3) is 14.4. The van der Waals surface area contributed by atoms with Crippen LogP contribution >= 0.6 is 11.3 Å². The van der Waals surface area contributed by atoms with Crippen LogP contribution in [-0.2, 0) is 46.3 Å². The van der Waals surface area contributed by atoms with Crippen LogP contribution < -0.4 is 15.5 Å². The first kappa shape index (κ1) is 52.2. The van der Waals surface area contributed by atoms with E-state index in [0.29, 0.717) is 18.0 Å². The van der Waals surface area contributed by atoms with Gasteiger partial charge in [0, 0.05) is 59.7 Å². The highest BCUT2D eigenvalue weighted by Gasteiger charge is 2.42. The number of amides is 6. The van der Waals surface area contributed by atoms with Crippen molar-refractivity contribution in [3.8, 4) is 0 Å². The lowest BCUT2D eigenvalue weighted by Gasteiger charge is -2.40. The number of ether oxygens (including phenoxy) is 1. The number of nitrogens with one attached hydrogen (secondary N) is 2. The highest BCUT2D eigenvalue weighted by Crippen LogP contribution is 2.24. The van der Waals surface area contributed by atoms with Gasteiger partial charge in [0.25, 0.3) is 5.91 Å². The standard InChI is InChI=1S/C48H71N7O7S/c1-13-21-36(62-12)30-39(56)50-37(28-34-22-17-15-18-23-34)44(58)53(9)41(32(5)6)43(57)51-40(31(3)4)46(60)54(10)42(33(7)14-2)47(61)52(8)38(29-35-24-19-16-20-25-35)45(59)55(11)48-49-26-27-63-48/h15-20,22-27,31-33,36-38,40-42H,13-14,21,28-30H2,1-12H3,(H,50,56)(H,51,57)/t33-,36+,37-,38-,40-,41+,42-/m0/s1. The van der Waals surface area contributed by atoms with Gasteiger partial charge in [-0.2, -0.15) is 0 Å². The highest BCUT2D eigenvalue weighted by molar-refractivity contribution is 7.13. The Bertz CT molecular complexity index is 1910. The molecular weight excluding hydrogens is 819 g/mol. The van der Waals surface area contributed by atoms with Gasteiger partial charge in [-0.1, -0.05) is 122 Å². The van der Waals surface area contributed by atoms with Gasteiger partial charge in [-0.3, -0.25) is 33.7 Å². The summed E-state index contributed by atoms with van der Waals surface area (Å²) in [5.41, 5.74) is 1.69. The lowest BCUT2D eigenvalue weighted by Crippen LogP contribution is -2.62. The molecule has 0 fully saturated rings. The molecule has 15 heteroatoms. The number of nitrogens with zero attached hydrogens (tertiary/aromatic N) is 5. The molecule has 2 N–H and O–H groups in total. The van der Waals surface area contributed by atoms with Crippen LogP contribution in [0, 0.1) is 17.8 Å². The van der Waals surface area contributed by atoms with Crippen molar-refractivity contribution in [1.82, 2.24) is 30.3 Å². The average molecular weight is 890 g/mol. The van der Waals surface area contributed by atoms with E-state index in [4.69, 9.17) is 4.74 Å². The van der Waals surface area contributed by atoms with Crippen molar-refractivity contribution in [2.45, 2.75) is 123 Å². The molecule has 3 rings (SSSR count). The van der Waals surface area contributed by atoms with E-state index in [2.05, 4.69) is 15.6 Å². The topological polar surface area (TPSA) is 162 Å². The first-order valence-corrected chi connectivity index (χ1v) is 22.9. The SMILES string of the molecule is CCC[C@H](CC(=O)N[C@@H](Cc1ccccc1)C(=O)N(C)[C@@H](C(=O)N[C@H](C(=O)N(C)[C@H](C(=O)N(C)[C@@H](Cc1ccccc1)C(=O)N(C)c1nccs1)[C@@H](C)CC)C(C)C)C(C)C)OC. The predicted octanol–water partition coefficient (Wildman–Crippen LogP) is 5.61. The lowest BCUT2D eigenvalue weighted by molar-refractivity contribution is -0.151. The van der Waals surface area contributed by atoms with Crippen LogP contribution in [0.4, 0.5) is 5.13 Å². The molecule has 2 aromatic carbocycles. The van der Waals surface area contributed by atoms with E-state index >= 15 is 0 Å². The Morgan fingerprint density at radius 1 is 0.698 bits per heavy atom. The zero-order valence-corrected chi connectivity index (χ0v) is 40.2. The Balaban J connectivity index is 1.92. The zero-order chi connectivity index (χ0) is 47.0. The van der Waals surface area contributed by atoms with Crippen LogP contribution in [0.25, 0.3) is 0 Å². The summed E-state index contributed by atoms with van der Waals surface area (Å²) in [5.74, 6) is -3.70. The van der Waals surface area contributed by atoms with Crippen molar-refractivity contribution in [2.75, 3.05) is 40.2 Å². The summed E-state index contributed by atoms with van der Waals surface area (Å²) in [4.78, 5) is 95.7. The molecule has 0 bridgehead atoms. The number of aromatic nitrogens is 1. The molecule has 346 valence electrons. The Labute approximate surface area is 379 Å². The number of carbonyl (C=O) groups is 6. The third-order valence-corrected chi connectivity index (χ3v) is 12.6. The third-order valence-electron chi connectivity index (χ3n) is 11.8. The van der Waals surface area contributed by atoms with Crippen molar-refractivity contribution in [3.63, 3.8) is 0 Å². The number of benzene rings is 2. The van der Waals surface area contributed by atoms with E-state index in [1.165, 1.54) is 38.0 Å². The second-order valence-corrected chi connectivity index (χ2v) is 18.0. The molecule has 63 heavy (non-hydrogen) atoms. The molecule has 7 atom stereocenters. The quantitative estimate of drug-likeness (QED) is 0.118. The van der Waals surface area contributed by atoms with Gasteiger partial charge in [-0.05, 0) is 35.3 Å². The van der Waals surface area contributed by atoms with E-state index in [1.807, 2.05) is 109 Å². The zero-order valence-electron chi connectivity index (χ0n) is 39.4. The number of carbonyl (C=O) groups excluding carboxylic acids is 6. The van der Waals surface area contributed by atoms with Crippen LogP contribution in [0.3, 0.4) is 0 Å². The van der Waals surface area contributed by atoms with E-state index < -0.39 is 59.8 Å². The number of anilines is 1. The summed E-state index contributed by atoms with van der Waals surface area (Å²) in [6.45, 7) is 13.1. The molecule has 0 saturated carbocycles. The summed E-state index contributed by atoms with van der Waals surface area (Å²) in [7, 11) is 7.88. The van der Waals surface area contributed by atoms with Crippen molar-refractivity contribution in [2.24, 2.45) is 17.8 Å². The second-order valence-electron chi connectivity index (χ2n) is 17.2. The van der Waals surface area contributed by atoms with Gasteiger partial charge >= 0.3 is 0 Å². The molecule has 0 spiro atoms. The second kappa shape index (κ2) is 25.2. The Kier molecular flexibility index (Phi) is 20.9. The monoisotopic (exact) mass is 890 g/mol. The summed E-state index contributed by atoms with van der Waals surface area (Å²) in [6.07, 6.45) is 3.88. The molecule has 1 heterocycles. The fourth-order valence-corrected chi connectivity index (χ4v) is 8.47. The molecule has 1 aromatic heterocycles. The van der Waals surface area contributed by atoms with E-state index in [1.54, 1.807) is 39.8 Å². The van der Waals surface area contributed by atoms with Crippen LogP contribution in [-0.4, -0.2) is 127 Å². The maximum Gasteiger partial charge on any atom is 0.251 e. The largest absolute Gasteiger partial charge is 0.381 e. The van der Waals surface area contributed by atoms with Crippen molar-refractivity contribution in [1.29, 1.82) is 0 Å². The van der Waals surface area contributed by atoms with Gasteiger partial charge in [0.05, 0.1) is 12.5 Å². The van der Waals surface area contributed by atoms with Crippen molar-refractivity contribution < 1.29 is 33.5 Å². The van der Waals surface area contributed by atoms with Crippen LogP contribution in [0.15, 0.2) is 72.2 Å². The molecule has 0 aliphatic carbocycles. The molecule has 0 aliphatic heterocycles. The number of rotatable bonds is 24. The van der Waals surface area contributed by atoms with Crippen molar-refractivity contribution >= 4 is 51.9 Å². The summed E-state index contributed by atoms with van der Waals surface area (Å²) in [6, 6.07) is 13.8. The van der Waals surface area contributed by atoms with Gasteiger partial charge in [-0.25, -0.2) is 4.98 Å². The first-order valence-electron chi connectivity index (χ1n) is 22.1. The average Bonchev–Trinajstić information content (AvgIpc) is 3.81. The number of hydrogen-bond acceptors (Lipinski definition) is 9. The van der Waals surface area contributed by atoms with Crippen LogP contribution in [0.2, 0.25) is 0 Å². The molecular formula is C48H71N7O7S. The molecule has 0 aliphatic rings. The van der Waals surface area contributed by atoms with Gasteiger partial charge in [0.1, 0.15) is 30.2 Å². The first-order chi connectivity index (χ1) is 29.9. The molecule has 6 amide bonds. The van der Waals surface area contributed by atoms with E-state index in [-0.39, 0.29) is 49.0 Å².